The number of rotatable bonds is 4. The molecule has 6 unspecified atom stereocenters. The first-order valence-corrected chi connectivity index (χ1v) is 19.3. The van der Waals surface area contributed by atoms with E-state index < -0.39 is 20.0 Å². The molecule has 0 amide bonds. The lowest BCUT2D eigenvalue weighted by molar-refractivity contribution is 0.209. The third kappa shape index (κ3) is 5.05. The van der Waals surface area contributed by atoms with E-state index in [-0.39, 0.29) is 23.9 Å². The summed E-state index contributed by atoms with van der Waals surface area (Å²) in [7, 11) is -7.21. The van der Waals surface area contributed by atoms with E-state index in [1.54, 1.807) is 40.7 Å². The summed E-state index contributed by atoms with van der Waals surface area (Å²) in [5.74, 6) is 1.43. The van der Waals surface area contributed by atoms with Crippen molar-refractivity contribution in [1.82, 2.24) is 9.97 Å². The van der Waals surface area contributed by atoms with Crippen LogP contribution >= 0.6 is 15.9 Å². The van der Waals surface area contributed by atoms with Crippen LogP contribution in [-0.2, 0) is 20.0 Å². The van der Waals surface area contributed by atoms with Gasteiger partial charge in [0, 0.05) is 23.9 Å². The summed E-state index contributed by atoms with van der Waals surface area (Å²) in [5, 5.41) is 0. The number of sulfonamides is 2. The van der Waals surface area contributed by atoms with Crippen molar-refractivity contribution < 1.29 is 16.8 Å². The highest BCUT2D eigenvalue weighted by molar-refractivity contribution is 9.10. The van der Waals surface area contributed by atoms with Crippen LogP contribution in [0.3, 0.4) is 0 Å². The molecule has 2 aromatic carbocycles. The summed E-state index contributed by atoms with van der Waals surface area (Å²) in [6, 6.07) is 21.0. The minimum Gasteiger partial charge on any atom is -0.361 e. The molecule has 12 heteroatoms. The third-order valence-corrected chi connectivity index (χ3v) is 14.4. The predicted molar refractivity (Wildman–Crippen MR) is 185 cm³/mol. The summed E-state index contributed by atoms with van der Waals surface area (Å²) < 4.78 is 56.8. The number of hydrogen-bond acceptors (Lipinski definition) is 6. The number of hydrogen-bond donors (Lipinski definition) is 0. The SMILES string of the molecule is Cc1ccc(S(=O)(=O)N2c3ccc(Br)nc3C3CC2C3C)cc1.[C-]#[N+]c1ccc2c(n1)C1CC(C1C)N2S(=O)(=O)c1ccc(C)cc1. The van der Waals surface area contributed by atoms with E-state index in [2.05, 4.69) is 44.6 Å². The van der Waals surface area contributed by atoms with Gasteiger partial charge in [0.05, 0.1) is 26.9 Å². The standard InChI is InChI=1S/C18H17N3O2S.C17H17BrN2O2S/c1-11-4-6-13(7-5-11)24(22,23)21-15-8-9-17(19-3)20-18(15)14-10-16(21)12(14)2;1-10-3-5-12(6-4-10)23(21,22)20-14-7-8-16(18)19-17(14)13-9-15(20)11(13)2/h4-9,12,14,16H,10H2,1-2H3;3-8,11,13,15H,9H2,1-2H3. The minimum atomic E-state index is -3.64. The molecule has 242 valence electrons. The fourth-order valence-corrected chi connectivity index (χ4v) is 11.2. The smallest absolute Gasteiger partial charge is 0.269 e. The number of aryl methyl sites for hydroxylation is 2. The Morgan fingerprint density at radius 1 is 0.681 bits per heavy atom. The first-order chi connectivity index (χ1) is 22.3. The maximum absolute atomic E-state index is 13.2. The Labute approximate surface area is 284 Å². The molecular weight excluding hydrogens is 698 g/mol. The molecule has 6 heterocycles. The molecule has 0 radical (unpaired) electrons. The first kappa shape index (κ1) is 31.8. The van der Waals surface area contributed by atoms with Crippen molar-refractivity contribution in [2.45, 2.75) is 74.2 Å². The van der Waals surface area contributed by atoms with Gasteiger partial charge in [0.15, 0.2) is 5.69 Å². The van der Waals surface area contributed by atoms with Crippen molar-refractivity contribution >= 4 is 53.2 Å². The number of benzene rings is 2. The van der Waals surface area contributed by atoms with Crippen LogP contribution in [-0.4, -0.2) is 38.9 Å². The fraction of sp³-hybridized carbons (Fsp3) is 0.343. The highest BCUT2D eigenvalue weighted by atomic mass is 79.9. The maximum Gasteiger partial charge on any atom is 0.269 e. The molecule has 6 atom stereocenters. The Balaban J connectivity index is 0.000000150. The van der Waals surface area contributed by atoms with Gasteiger partial charge in [-0.3, -0.25) is 8.61 Å². The lowest BCUT2D eigenvalue weighted by atomic mass is 9.65. The van der Waals surface area contributed by atoms with Gasteiger partial charge in [-0.25, -0.2) is 21.8 Å². The normalized spacial score (nSPS) is 25.2. The molecule has 6 aliphatic rings. The molecule has 10 rings (SSSR count). The molecular formula is C35H34BrN5O4S2. The Kier molecular flexibility index (Phi) is 7.73. The average molecular weight is 733 g/mol. The molecule has 0 saturated heterocycles. The summed E-state index contributed by atoms with van der Waals surface area (Å²) in [6.45, 7) is 15.2. The number of pyridine rings is 2. The molecule has 47 heavy (non-hydrogen) atoms. The molecule has 4 aromatic rings. The molecule has 2 saturated carbocycles. The van der Waals surface area contributed by atoms with Crippen molar-refractivity contribution in [2.75, 3.05) is 8.61 Å². The fourth-order valence-electron chi connectivity index (χ4n) is 7.36. The van der Waals surface area contributed by atoms with Crippen LogP contribution < -0.4 is 8.61 Å². The van der Waals surface area contributed by atoms with Gasteiger partial charge in [-0.15, -0.1) is 4.98 Å². The minimum absolute atomic E-state index is 0.0294. The van der Waals surface area contributed by atoms with Gasteiger partial charge >= 0.3 is 0 Å². The van der Waals surface area contributed by atoms with E-state index in [0.29, 0.717) is 33.1 Å². The highest BCUT2D eigenvalue weighted by Crippen LogP contribution is 2.56. The van der Waals surface area contributed by atoms with Gasteiger partial charge in [0.25, 0.3) is 25.9 Å². The van der Waals surface area contributed by atoms with E-state index in [9.17, 15) is 16.8 Å². The van der Waals surface area contributed by atoms with Crippen LogP contribution in [0.25, 0.3) is 4.85 Å². The molecule has 2 fully saturated rings. The lowest BCUT2D eigenvalue weighted by Crippen LogP contribution is -2.57. The van der Waals surface area contributed by atoms with Crippen molar-refractivity contribution in [3.8, 4) is 0 Å². The van der Waals surface area contributed by atoms with Crippen LogP contribution in [0.2, 0.25) is 0 Å². The predicted octanol–water partition coefficient (Wildman–Crippen LogP) is 7.50. The maximum atomic E-state index is 13.2. The Morgan fingerprint density at radius 2 is 1.11 bits per heavy atom. The highest BCUT2D eigenvalue weighted by Gasteiger charge is 2.55. The second-order valence-electron chi connectivity index (χ2n) is 13.0. The number of anilines is 2. The second-order valence-corrected chi connectivity index (χ2v) is 17.4. The first-order valence-electron chi connectivity index (χ1n) is 15.6. The largest absolute Gasteiger partial charge is 0.361 e. The average Bonchev–Trinajstić information content (AvgIpc) is 3.06. The summed E-state index contributed by atoms with van der Waals surface area (Å²) in [6.07, 6.45) is 1.62. The van der Waals surface area contributed by atoms with E-state index >= 15 is 0 Å². The zero-order valence-corrected chi connectivity index (χ0v) is 29.6. The monoisotopic (exact) mass is 731 g/mol. The van der Waals surface area contributed by atoms with Crippen LogP contribution in [0.15, 0.2) is 87.2 Å². The van der Waals surface area contributed by atoms with E-state index in [1.165, 1.54) is 4.31 Å². The zero-order chi connectivity index (χ0) is 33.4. The van der Waals surface area contributed by atoms with Gasteiger partial charge in [-0.2, -0.15) is 0 Å². The zero-order valence-electron chi connectivity index (χ0n) is 26.4. The van der Waals surface area contributed by atoms with Crippen LogP contribution in [0.1, 0.15) is 61.0 Å². The summed E-state index contributed by atoms with van der Waals surface area (Å²) >= 11 is 3.40. The van der Waals surface area contributed by atoms with Crippen molar-refractivity contribution in [2.24, 2.45) is 11.8 Å². The lowest BCUT2D eigenvalue weighted by Gasteiger charge is -2.53. The van der Waals surface area contributed by atoms with Crippen LogP contribution in [0.5, 0.6) is 0 Å². The van der Waals surface area contributed by atoms with Gasteiger partial charge in [0.1, 0.15) is 4.60 Å². The summed E-state index contributed by atoms with van der Waals surface area (Å²) in [5.41, 5.74) is 5.06. The Morgan fingerprint density at radius 3 is 1.53 bits per heavy atom. The molecule has 2 aromatic heterocycles. The number of nitrogens with zero attached hydrogens (tertiary/aromatic N) is 5. The van der Waals surface area contributed by atoms with Gasteiger partial charge in [0.2, 0.25) is 0 Å². The van der Waals surface area contributed by atoms with Gasteiger partial charge < -0.3 is 4.85 Å². The van der Waals surface area contributed by atoms with Crippen LogP contribution in [0.4, 0.5) is 17.2 Å². The topological polar surface area (TPSA) is 105 Å². The number of aromatic nitrogens is 2. The quantitative estimate of drug-likeness (QED) is 0.159. The van der Waals surface area contributed by atoms with E-state index in [1.807, 2.05) is 50.2 Å². The molecule has 4 aliphatic heterocycles. The molecule has 0 N–H and O–H groups in total. The van der Waals surface area contributed by atoms with Crippen LogP contribution in [0, 0.1) is 32.3 Å². The van der Waals surface area contributed by atoms with Crippen molar-refractivity contribution in [1.29, 1.82) is 0 Å². The van der Waals surface area contributed by atoms with Gasteiger partial charge in [-0.05, 0) is 103 Å². The van der Waals surface area contributed by atoms with Crippen molar-refractivity contribution in [3.05, 3.63) is 111 Å². The van der Waals surface area contributed by atoms with Crippen molar-refractivity contribution in [3.63, 3.8) is 0 Å². The Hall–Kier alpha value is -3.79. The number of halogens is 1. The molecule has 4 bridgehead atoms. The Bertz CT molecular complexity index is 2150. The third-order valence-electron chi connectivity index (χ3n) is 10.3. The molecule has 0 spiro atoms. The second kappa shape index (κ2) is 11.4. The molecule has 2 aliphatic carbocycles. The van der Waals surface area contributed by atoms with E-state index in [4.69, 9.17) is 6.57 Å². The summed E-state index contributed by atoms with van der Waals surface area (Å²) in [4.78, 5) is 13.0. The van der Waals surface area contributed by atoms with E-state index in [0.717, 1.165) is 45.6 Å². The van der Waals surface area contributed by atoms with Gasteiger partial charge in [-0.1, -0.05) is 55.8 Å². The molecule has 9 nitrogen and oxygen atoms in total.